The Morgan fingerprint density at radius 1 is 0.712 bits per heavy atom. The number of hydrogen-bond donors (Lipinski definition) is 11. The zero-order chi connectivity index (χ0) is 48.4. The topological polar surface area (TPSA) is 312 Å². The van der Waals surface area contributed by atoms with E-state index in [2.05, 4.69) is 40.7 Å². The highest BCUT2D eigenvalue weighted by Gasteiger charge is 2.71. The first kappa shape index (κ1) is 50.5. The van der Waals surface area contributed by atoms with Gasteiger partial charge in [0.15, 0.2) is 18.7 Å². The number of aliphatic carboxylic acids is 1. The van der Waals surface area contributed by atoms with Crippen molar-refractivity contribution in [1.29, 1.82) is 0 Å². The normalized spacial score (nSPS) is 53.2. The van der Waals surface area contributed by atoms with E-state index in [1.54, 1.807) is 0 Å². The molecule has 4 saturated carbocycles. The molecule has 3 saturated heterocycles. The van der Waals surface area contributed by atoms with Crippen molar-refractivity contribution in [3.63, 3.8) is 0 Å². The lowest BCUT2D eigenvalue weighted by molar-refractivity contribution is -0.366. The maximum absolute atomic E-state index is 14.7. The SMILES string of the molecule is CC1(C)C[C@H]2C3=CC[C@H]4[C@]5(C)CC[C@H](O[C@H]6O[C@@H](C(=O)O)[C@H](O)[C@@H](O)[C@@H]6O[C@H]6OC[C@H](O)[C@@H](O)[C@@H]6O)C(C)(C)[C@H]5CC[C@]4(C)[C@@]3(C)CC[C@]2(C(=O)O[C@H]2O[C@@H](CO)[C@H](O)[C@@H](O)[C@@H]2O)C[C@H]1O. The van der Waals surface area contributed by atoms with Crippen LogP contribution in [0.15, 0.2) is 11.6 Å². The summed E-state index contributed by atoms with van der Waals surface area (Å²) in [5.74, 6) is -2.27. The summed E-state index contributed by atoms with van der Waals surface area (Å²) in [5.41, 5.74) is -2.02. The van der Waals surface area contributed by atoms with Crippen molar-refractivity contribution >= 4 is 11.9 Å². The van der Waals surface area contributed by atoms with Crippen molar-refractivity contribution < 1.29 is 94.2 Å². The van der Waals surface area contributed by atoms with Gasteiger partial charge in [-0.25, -0.2) is 4.79 Å². The monoisotopic (exact) mass is 942 g/mol. The predicted octanol–water partition coefficient (Wildman–Crippen LogP) is -0.157. The average Bonchev–Trinajstić information content (AvgIpc) is 3.25. The molecule has 8 aliphatic rings. The number of fused-ring (bicyclic) bond motifs is 7. The molecule has 66 heavy (non-hydrogen) atoms. The molecule has 0 aromatic heterocycles. The van der Waals surface area contributed by atoms with Crippen LogP contribution < -0.4 is 0 Å². The summed E-state index contributed by atoms with van der Waals surface area (Å²) in [6, 6.07) is 0. The average molecular weight is 943 g/mol. The van der Waals surface area contributed by atoms with E-state index in [1.807, 2.05) is 13.8 Å². The molecule has 23 atom stereocenters. The number of aliphatic hydroxyl groups excluding tert-OH is 10. The Bertz CT molecular complexity index is 1860. The highest BCUT2D eigenvalue weighted by molar-refractivity contribution is 5.79. The van der Waals surface area contributed by atoms with Crippen LogP contribution in [-0.2, 0) is 38.0 Å². The molecule has 11 N–H and O–H groups in total. The minimum absolute atomic E-state index is 0.0780. The highest BCUT2D eigenvalue weighted by Crippen LogP contribution is 2.76. The lowest BCUT2D eigenvalue weighted by atomic mass is 9.33. The summed E-state index contributed by atoms with van der Waals surface area (Å²) in [6.07, 6.45) is -17.1. The summed E-state index contributed by atoms with van der Waals surface area (Å²) < 4.78 is 35.4. The molecule has 0 aromatic rings. The number of carboxylic acid groups (broad SMARTS) is 1. The van der Waals surface area contributed by atoms with Crippen LogP contribution in [0.3, 0.4) is 0 Å². The van der Waals surface area contributed by atoms with Crippen molar-refractivity contribution in [2.75, 3.05) is 13.2 Å². The number of carbonyl (C=O) groups is 2. The summed E-state index contributed by atoms with van der Waals surface area (Å²) in [4.78, 5) is 26.9. The molecule has 5 aliphatic carbocycles. The van der Waals surface area contributed by atoms with Crippen molar-refractivity contribution in [1.82, 2.24) is 0 Å². The van der Waals surface area contributed by atoms with Crippen molar-refractivity contribution in [2.45, 2.75) is 204 Å². The molecule has 3 aliphatic heterocycles. The van der Waals surface area contributed by atoms with Gasteiger partial charge in [0.2, 0.25) is 6.29 Å². The van der Waals surface area contributed by atoms with Crippen LogP contribution in [-0.4, -0.2) is 180 Å². The van der Waals surface area contributed by atoms with E-state index in [0.717, 1.165) is 18.4 Å². The van der Waals surface area contributed by atoms with Crippen molar-refractivity contribution in [3.8, 4) is 0 Å². The maximum atomic E-state index is 14.7. The summed E-state index contributed by atoms with van der Waals surface area (Å²) in [6.45, 7) is 14.2. The van der Waals surface area contributed by atoms with E-state index in [-0.39, 0.29) is 40.4 Å². The Kier molecular flexibility index (Phi) is 13.3. The van der Waals surface area contributed by atoms with Gasteiger partial charge in [-0.3, -0.25) is 4.79 Å². The fourth-order valence-corrected chi connectivity index (χ4v) is 14.7. The molecule has 8 rings (SSSR count). The summed E-state index contributed by atoms with van der Waals surface area (Å²) in [7, 11) is 0. The second-order valence-corrected chi connectivity index (χ2v) is 23.1. The van der Waals surface area contributed by atoms with Gasteiger partial charge in [0, 0.05) is 0 Å². The molecule has 0 radical (unpaired) electrons. The quantitative estimate of drug-likeness (QED) is 0.0856. The molecule has 0 aromatic carbocycles. The van der Waals surface area contributed by atoms with Gasteiger partial charge in [-0.15, -0.1) is 0 Å². The van der Waals surface area contributed by atoms with Gasteiger partial charge in [-0.2, -0.15) is 0 Å². The number of aliphatic hydroxyl groups is 10. The summed E-state index contributed by atoms with van der Waals surface area (Å²) >= 11 is 0. The first-order valence-corrected chi connectivity index (χ1v) is 23.8. The molecule has 0 spiro atoms. The van der Waals surface area contributed by atoms with Gasteiger partial charge in [-0.05, 0) is 103 Å². The number of carbonyl (C=O) groups excluding carboxylic acids is 1. The van der Waals surface area contributed by atoms with E-state index in [4.69, 9.17) is 28.4 Å². The van der Waals surface area contributed by atoms with Gasteiger partial charge in [-0.1, -0.05) is 60.1 Å². The van der Waals surface area contributed by atoms with Crippen LogP contribution in [0.2, 0.25) is 0 Å². The lowest BCUT2D eigenvalue weighted by Crippen LogP contribution is -2.67. The van der Waals surface area contributed by atoms with Crippen LogP contribution in [0.1, 0.15) is 106 Å². The Morgan fingerprint density at radius 3 is 2.06 bits per heavy atom. The molecule has 376 valence electrons. The van der Waals surface area contributed by atoms with Gasteiger partial charge >= 0.3 is 11.9 Å². The third kappa shape index (κ3) is 7.64. The fraction of sp³-hybridized carbons (Fsp3) is 0.915. The molecule has 0 bridgehead atoms. The third-order valence-electron chi connectivity index (χ3n) is 19.1. The number of allylic oxidation sites excluding steroid dienone is 2. The van der Waals surface area contributed by atoms with Gasteiger partial charge in [0.25, 0.3) is 0 Å². The van der Waals surface area contributed by atoms with Gasteiger partial charge < -0.3 is 84.6 Å². The Hall–Kier alpha value is -1.92. The predicted molar refractivity (Wildman–Crippen MR) is 226 cm³/mol. The van der Waals surface area contributed by atoms with Crippen LogP contribution in [0.4, 0.5) is 0 Å². The molecule has 19 nitrogen and oxygen atoms in total. The minimum Gasteiger partial charge on any atom is -0.479 e. The van der Waals surface area contributed by atoms with Gasteiger partial charge in [0.1, 0.15) is 61.0 Å². The van der Waals surface area contributed by atoms with E-state index < -0.39 is 140 Å². The van der Waals surface area contributed by atoms with Gasteiger partial charge in [0.05, 0.1) is 30.8 Å². The Labute approximate surface area is 385 Å². The van der Waals surface area contributed by atoms with Crippen LogP contribution >= 0.6 is 0 Å². The second kappa shape index (κ2) is 17.4. The van der Waals surface area contributed by atoms with Crippen LogP contribution in [0.5, 0.6) is 0 Å². The molecule has 3 heterocycles. The number of carboxylic acids is 1. The Balaban J connectivity index is 1.06. The molecular weight excluding hydrogens is 868 g/mol. The number of esters is 1. The highest BCUT2D eigenvalue weighted by atomic mass is 16.8. The molecule has 19 heteroatoms. The van der Waals surface area contributed by atoms with E-state index in [1.165, 1.54) is 0 Å². The number of hydrogen-bond acceptors (Lipinski definition) is 18. The van der Waals surface area contributed by atoms with E-state index in [0.29, 0.717) is 38.5 Å². The number of rotatable bonds is 8. The fourth-order valence-electron chi connectivity index (χ4n) is 14.7. The van der Waals surface area contributed by atoms with E-state index >= 15 is 0 Å². The zero-order valence-corrected chi connectivity index (χ0v) is 39.0. The minimum atomic E-state index is -1.93. The maximum Gasteiger partial charge on any atom is 0.335 e. The Morgan fingerprint density at radius 2 is 1.39 bits per heavy atom. The molecular formula is C47H74O19. The molecule has 0 amide bonds. The standard InChI is InChI=1S/C47H74O19/c1-42(2)16-21-20-8-9-25-44(5)12-11-27(63-40-36(32(55)31(54)35(64-40)37(58)59)65-38-33(56)28(51)22(49)19-61-38)43(3,4)24(44)10-13-46(25,7)45(20,6)14-15-47(21,17-26(42)50)41(60)66-39-34(57)30(53)29(52)23(18-48)62-39/h8,21-36,38-40,48-57H,9-19H2,1-7H3,(H,58,59)/t21-,22-,23-,24+,25-,26+,27-,28+,29-,30+,31+,32+,33-,34-,35+,36-,38+,39+,40-,44+,45-,46-,47-/m0/s1. The third-order valence-corrected chi connectivity index (χ3v) is 19.1. The smallest absolute Gasteiger partial charge is 0.335 e. The van der Waals surface area contributed by atoms with E-state index in [9.17, 15) is 65.8 Å². The summed E-state index contributed by atoms with van der Waals surface area (Å²) in [5, 5.41) is 116. The molecule has 7 fully saturated rings. The van der Waals surface area contributed by atoms with Crippen LogP contribution in [0, 0.1) is 50.2 Å². The molecule has 0 unspecified atom stereocenters. The zero-order valence-electron chi connectivity index (χ0n) is 39.0. The largest absolute Gasteiger partial charge is 0.479 e. The lowest BCUT2D eigenvalue weighted by Gasteiger charge is -2.71. The van der Waals surface area contributed by atoms with Crippen LogP contribution in [0.25, 0.3) is 0 Å². The van der Waals surface area contributed by atoms with Crippen molar-refractivity contribution in [2.24, 2.45) is 50.2 Å². The van der Waals surface area contributed by atoms with Crippen molar-refractivity contribution in [3.05, 3.63) is 11.6 Å². The second-order valence-electron chi connectivity index (χ2n) is 23.1. The number of ether oxygens (including phenoxy) is 6. The first-order valence-electron chi connectivity index (χ1n) is 23.8. The first-order chi connectivity index (χ1) is 30.7.